The molecule has 1 fully saturated rings. The van der Waals surface area contributed by atoms with Gasteiger partial charge in [-0.15, -0.1) is 11.3 Å². The lowest BCUT2D eigenvalue weighted by Crippen LogP contribution is -2.22. The Hall–Kier alpha value is -1.22. The van der Waals surface area contributed by atoms with Crippen molar-refractivity contribution >= 4 is 21.4 Å². The molecule has 1 aliphatic rings. The topological polar surface area (TPSA) is 84.2 Å². The van der Waals surface area contributed by atoms with Crippen LogP contribution in [-0.4, -0.2) is 19.6 Å². The minimum absolute atomic E-state index is 0.108. The molecule has 0 aliphatic heterocycles. The summed E-state index contributed by atoms with van der Waals surface area (Å²) in [6, 6.07) is 5.82. The molecule has 2 aromatic heterocycles. The lowest BCUT2D eigenvalue weighted by Gasteiger charge is -2.02. The average Bonchev–Trinajstić information content (AvgIpc) is 2.97. The summed E-state index contributed by atoms with van der Waals surface area (Å²) in [7, 11) is -3.50. The highest BCUT2D eigenvalue weighted by Gasteiger charge is 2.21. The van der Waals surface area contributed by atoms with Gasteiger partial charge in [-0.05, 0) is 31.9 Å². The summed E-state index contributed by atoms with van der Waals surface area (Å²) in [6.45, 7) is 2.63. The SMILES string of the molecule is Cc1cc(CNS(=O)(=O)c2ccc(CNC3CC3)s2)on1. The van der Waals surface area contributed by atoms with E-state index in [0.29, 0.717) is 16.0 Å². The summed E-state index contributed by atoms with van der Waals surface area (Å²) in [4.78, 5) is 1.03. The maximum Gasteiger partial charge on any atom is 0.250 e. The van der Waals surface area contributed by atoms with Crippen LogP contribution in [0.1, 0.15) is 29.2 Å². The fourth-order valence-electron chi connectivity index (χ4n) is 1.87. The van der Waals surface area contributed by atoms with Crippen molar-refractivity contribution in [1.29, 1.82) is 0 Å². The second-order valence-electron chi connectivity index (χ2n) is 5.14. The molecular formula is C13H17N3O3S2. The van der Waals surface area contributed by atoms with E-state index in [1.165, 1.54) is 24.2 Å². The first kappa shape index (κ1) is 14.7. The Kier molecular flexibility index (Phi) is 4.12. The van der Waals surface area contributed by atoms with Crippen molar-refractivity contribution in [1.82, 2.24) is 15.2 Å². The van der Waals surface area contributed by atoms with E-state index in [9.17, 15) is 8.42 Å². The molecule has 2 aromatic rings. The van der Waals surface area contributed by atoms with Gasteiger partial charge in [-0.1, -0.05) is 5.16 Å². The van der Waals surface area contributed by atoms with Crippen LogP contribution in [-0.2, 0) is 23.1 Å². The smallest absolute Gasteiger partial charge is 0.250 e. The molecule has 8 heteroatoms. The van der Waals surface area contributed by atoms with Gasteiger partial charge < -0.3 is 9.84 Å². The van der Waals surface area contributed by atoms with Gasteiger partial charge in [-0.2, -0.15) is 0 Å². The van der Waals surface area contributed by atoms with Crippen LogP contribution in [0.15, 0.2) is 26.9 Å². The molecule has 1 saturated carbocycles. The fourth-order valence-corrected chi connectivity index (χ4v) is 4.21. The van der Waals surface area contributed by atoms with Crippen LogP contribution in [0.25, 0.3) is 0 Å². The molecule has 0 aromatic carbocycles. The minimum Gasteiger partial charge on any atom is -0.360 e. The summed E-state index contributed by atoms with van der Waals surface area (Å²) >= 11 is 1.29. The quantitative estimate of drug-likeness (QED) is 0.810. The van der Waals surface area contributed by atoms with Crippen LogP contribution in [0.3, 0.4) is 0 Å². The van der Waals surface area contributed by atoms with Gasteiger partial charge in [-0.3, -0.25) is 0 Å². The molecule has 0 radical (unpaired) electrons. The molecule has 0 saturated heterocycles. The molecule has 0 bridgehead atoms. The van der Waals surface area contributed by atoms with E-state index in [4.69, 9.17) is 4.52 Å². The van der Waals surface area contributed by atoms with Gasteiger partial charge in [0, 0.05) is 23.5 Å². The molecular weight excluding hydrogens is 310 g/mol. The summed E-state index contributed by atoms with van der Waals surface area (Å²) in [5.74, 6) is 0.503. The zero-order valence-electron chi connectivity index (χ0n) is 11.6. The van der Waals surface area contributed by atoms with Gasteiger partial charge in [0.1, 0.15) is 4.21 Å². The van der Waals surface area contributed by atoms with Crippen molar-refractivity contribution in [3.05, 3.63) is 34.5 Å². The molecule has 0 amide bonds. The summed E-state index contributed by atoms with van der Waals surface area (Å²) in [5, 5.41) is 7.10. The van der Waals surface area contributed by atoms with E-state index < -0.39 is 10.0 Å². The van der Waals surface area contributed by atoms with E-state index in [2.05, 4.69) is 15.2 Å². The van der Waals surface area contributed by atoms with Crippen molar-refractivity contribution in [2.24, 2.45) is 0 Å². The van der Waals surface area contributed by atoms with Crippen LogP contribution in [0, 0.1) is 6.92 Å². The highest BCUT2D eigenvalue weighted by molar-refractivity contribution is 7.91. The van der Waals surface area contributed by atoms with Crippen molar-refractivity contribution in [3.63, 3.8) is 0 Å². The van der Waals surface area contributed by atoms with Crippen LogP contribution >= 0.6 is 11.3 Å². The van der Waals surface area contributed by atoms with Crippen molar-refractivity contribution in [3.8, 4) is 0 Å². The zero-order chi connectivity index (χ0) is 14.9. The first-order chi connectivity index (χ1) is 10.0. The molecule has 2 heterocycles. The molecule has 2 N–H and O–H groups in total. The second kappa shape index (κ2) is 5.88. The number of hydrogen-bond donors (Lipinski definition) is 2. The Morgan fingerprint density at radius 3 is 2.86 bits per heavy atom. The molecule has 114 valence electrons. The molecule has 1 aliphatic carbocycles. The molecule has 21 heavy (non-hydrogen) atoms. The maximum absolute atomic E-state index is 12.2. The molecule has 0 unspecified atom stereocenters. The number of nitrogens with zero attached hydrogens (tertiary/aromatic N) is 1. The predicted molar refractivity (Wildman–Crippen MR) is 79.4 cm³/mol. The molecule has 3 rings (SSSR count). The van der Waals surface area contributed by atoms with E-state index in [-0.39, 0.29) is 6.54 Å². The Morgan fingerprint density at radius 1 is 1.38 bits per heavy atom. The van der Waals surface area contributed by atoms with Crippen molar-refractivity contribution < 1.29 is 12.9 Å². The van der Waals surface area contributed by atoms with Crippen LogP contribution in [0.5, 0.6) is 0 Å². The number of sulfonamides is 1. The molecule has 0 atom stereocenters. The summed E-state index contributed by atoms with van der Waals surface area (Å²) in [6.07, 6.45) is 2.43. The fraction of sp³-hybridized carbons (Fsp3) is 0.462. The number of aromatic nitrogens is 1. The highest BCUT2D eigenvalue weighted by Crippen LogP contribution is 2.24. The Balaban J connectivity index is 1.60. The summed E-state index contributed by atoms with van der Waals surface area (Å²) < 4.78 is 32.2. The lowest BCUT2D eigenvalue weighted by atomic mass is 10.4. The Bertz CT molecular complexity index is 717. The van der Waals surface area contributed by atoms with Gasteiger partial charge in [0.2, 0.25) is 10.0 Å². The van der Waals surface area contributed by atoms with Gasteiger partial charge in [0.05, 0.1) is 12.2 Å². The summed E-state index contributed by atoms with van der Waals surface area (Å²) in [5.41, 5.74) is 0.730. The normalized spacial score (nSPS) is 15.5. The van der Waals surface area contributed by atoms with Crippen LogP contribution in [0.4, 0.5) is 0 Å². The molecule has 6 nitrogen and oxygen atoms in total. The Morgan fingerprint density at radius 2 is 2.19 bits per heavy atom. The second-order valence-corrected chi connectivity index (χ2v) is 8.30. The third kappa shape index (κ3) is 3.91. The van der Waals surface area contributed by atoms with Crippen molar-refractivity contribution in [2.45, 2.75) is 43.1 Å². The number of nitrogens with one attached hydrogen (secondary N) is 2. The predicted octanol–water partition coefficient (Wildman–Crippen LogP) is 1.78. The average molecular weight is 327 g/mol. The maximum atomic E-state index is 12.2. The zero-order valence-corrected chi connectivity index (χ0v) is 13.3. The third-order valence-electron chi connectivity index (χ3n) is 3.16. The Labute approximate surface area is 127 Å². The largest absolute Gasteiger partial charge is 0.360 e. The highest BCUT2D eigenvalue weighted by atomic mass is 32.2. The minimum atomic E-state index is -3.50. The molecule has 0 spiro atoms. The number of aryl methyl sites for hydroxylation is 1. The van der Waals surface area contributed by atoms with E-state index in [1.807, 2.05) is 6.07 Å². The first-order valence-electron chi connectivity index (χ1n) is 6.77. The van der Waals surface area contributed by atoms with E-state index in [0.717, 1.165) is 17.1 Å². The van der Waals surface area contributed by atoms with Gasteiger partial charge in [0.25, 0.3) is 0 Å². The first-order valence-corrected chi connectivity index (χ1v) is 9.07. The van der Waals surface area contributed by atoms with Gasteiger partial charge in [-0.25, -0.2) is 13.1 Å². The monoisotopic (exact) mass is 327 g/mol. The lowest BCUT2D eigenvalue weighted by molar-refractivity contribution is 0.377. The third-order valence-corrected chi connectivity index (χ3v) is 6.14. The number of rotatable bonds is 7. The number of thiophene rings is 1. The van der Waals surface area contributed by atoms with Crippen molar-refractivity contribution in [2.75, 3.05) is 0 Å². The standard InChI is InChI=1S/C13H17N3O3S2/c1-9-6-11(19-16-9)7-15-21(17,18)13-5-4-12(20-13)8-14-10-2-3-10/h4-6,10,14-15H,2-3,7-8H2,1H3. The van der Waals surface area contributed by atoms with Gasteiger partial charge >= 0.3 is 0 Å². The van der Waals surface area contributed by atoms with Gasteiger partial charge in [0.15, 0.2) is 5.76 Å². The van der Waals surface area contributed by atoms with E-state index >= 15 is 0 Å². The van der Waals surface area contributed by atoms with E-state index in [1.54, 1.807) is 19.1 Å². The number of hydrogen-bond acceptors (Lipinski definition) is 6. The van der Waals surface area contributed by atoms with Crippen LogP contribution in [0.2, 0.25) is 0 Å². The van der Waals surface area contributed by atoms with Crippen LogP contribution < -0.4 is 10.0 Å².